The molecule has 7 rings (SSSR count). The first-order chi connectivity index (χ1) is 28.2. The Bertz CT molecular complexity index is 2280. The third-order valence-electron chi connectivity index (χ3n) is 9.29. The summed E-state index contributed by atoms with van der Waals surface area (Å²) in [4.78, 5) is 70.5. The molecule has 15 heteroatoms. The SMILES string of the molecule is CCC(=O)OC(C)OC(=O)C1=C(/C=C\c2cccnc2)CS[C@@H]2[C@H](NC(=O)/C(=N/OC(c3ccccc3)(c3ccccc3)c3ccccc3)c3csc(N)n3)C(=O)N12. The largest absolute Gasteiger partial charge is 0.425 e. The van der Waals surface area contributed by atoms with E-state index in [4.69, 9.17) is 20.0 Å². The molecule has 2 amide bonds. The third kappa shape index (κ3) is 8.26. The molecule has 58 heavy (non-hydrogen) atoms. The molecule has 1 fully saturated rings. The fourth-order valence-electron chi connectivity index (χ4n) is 6.53. The standard InChI is InChI=1S/C43H38N6O7S2/c1-3-34(50)54-27(2)55-41(53)37-29(22-21-28-14-13-23-45-24-28)25-57-40-36(39(52)49(37)40)47-38(51)35(33-26-58-42(44)46-33)48-56-43(30-15-7-4-8-16-30,31-17-9-5-10-18-31)32-19-11-6-12-20-32/h4-24,26-27,36,40H,3,25H2,1-2H3,(H2,44,46)(H,47,51)/b22-21-,48-35+/t27?,36-,40-/m1/s1. The Morgan fingerprint density at radius 1 is 0.948 bits per heavy atom. The molecule has 0 spiro atoms. The summed E-state index contributed by atoms with van der Waals surface area (Å²) in [7, 11) is 0. The highest BCUT2D eigenvalue weighted by Gasteiger charge is 2.55. The quantitative estimate of drug-likeness (QED) is 0.0334. The Kier molecular flexibility index (Phi) is 12.1. The maximum Gasteiger partial charge on any atom is 0.358 e. The van der Waals surface area contributed by atoms with Crippen LogP contribution >= 0.6 is 23.1 Å². The molecule has 2 aliphatic heterocycles. The van der Waals surface area contributed by atoms with Gasteiger partial charge in [0.05, 0.1) is 0 Å². The van der Waals surface area contributed by atoms with Gasteiger partial charge in [-0.1, -0.05) is 121 Å². The van der Waals surface area contributed by atoms with Crippen molar-refractivity contribution in [3.63, 3.8) is 0 Å². The molecule has 0 radical (unpaired) electrons. The predicted molar refractivity (Wildman–Crippen MR) is 221 cm³/mol. The van der Waals surface area contributed by atoms with Gasteiger partial charge in [0.1, 0.15) is 22.8 Å². The lowest BCUT2D eigenvalue weighted by molar-refractivity contribution is -0.184. The van der Waals surface area contributed by atoms with Crippen molar-refractivity contribution in [1.82, 2.24) is 20.2 Å². The van der Waals surface area contributed by atoms with Crippen LogP contribution in [0.2, 0.25) is 0 Å². The van der Waals surface area contributed by atoms with Crippen LogP contribution in [0.1, 0.15) is 48.2 Å². The van der Waals surface area contributed by atoms with E-state index in [1.807, 2.05) is 97.1 Å². The second-order valence-corrected chi connectivity index (χ2v) is 15.0. The van der Waals surface area contributed by atoms with Gasteiger partial charge in [-0.3, -0.25) is 24.3 Å². The molecule has 5 aromatic rings. The molecular weight excluding hydrogens is 777 g/mol. The van der Waals surface area contributed by atoms with Crippen molar-refractivity contribution in [2.24, 2.45) is 5.16 Å². The number of rotatable bonds is 14. The molecular formula is C43H38N6O7S2. The van der Waals surface area contributed by atoms with E-state index in [-0.39, 0.29) is 34.4 Å². The number of amides is 2. The number of nitrogen functional groups attached to an aromatic ring is 1. The fourth-order valence-corrected chi connectivity index (χ4v) is 8.40. The lowest BCUT2D eigenvalue weighted by atomic mass is 9.80. The van der Waals surface area contributed by atoms with E-state index in [1.54, 1.807) is 42.9 Å². The summed E-state index contributed by atoms with van der Waals surface area (Å²) in [6, 6.07) is 31.1. The number of carbonyl (C=O) groups is 4. The number of allylic oxidation sites excluding steroid dienone is 1. The van der Waals surface area contributed by atoms with Crippen LogP contribution < -0.4 is 11.1 Å². The Morgan fingerprint density at radius 2 is 1.59 bits per heavy atom. The number of thioether (sulfide) groups is 1. The number of ether oxygens (including phenoxy) is 2. The minimum absolute atomic E-state index is 0.0262. The third-order valence-corrected chi connectivity index (χ3v) is 11.3. The Hall–Kier alpha value is -6.58. The highest BCUT2D eigenvalue weighted by molar-refractivity contribution is 8.00. The summed E-state index contributed by atoms with van der Waals surface area (Å²) in [5, 5.41) is 8.46. The van der Waals surface area contributed by atoms with Gasteiger partial charge >= 0.3 is 11.9 Å². The number of fused-ring (bicyclic) bond motifs is 1. The zero-order valence-corrected chi connectivity index (χ0v) is 33.0. The maximum absolute atomic E-state index is 14.4. The molecule has 0 aliphatic carbocycles. The fraction of sp³-hybridized carbons (Fsp3) is 0.186. The molecule has 4 heterocycles. The van der Waals surface area contributed by atoms with E-state index in [0.717, 1.165) is 33.6 Å². The van der Waals surface area contributed by atoms with Crippen LogP contribution in [0.4, 0.5) is 5.13 Å². The summed E-state index contributed by atoms with van der Waals surface area (Å²) in [6.07, 6.45) is 5.65. The average molecular weight is 815 g/mol. The number of thiazole rings is 1. The maximum atomic E-state index is 14.4. The number of β-lactam (4-membered cyclic amide) rings is 1. The number of esters is 2. The van der Waals surface area contributed by atoms with Crippen molar-refractivity contribution in [3.05, 3.63) is 166 Å². The van der Waals surface area contributed by atoms with Gasteiger partial charge in [0.25, 0.3) is 11.8 Å². The molecule has 2 aliphatic rings. The summed E-state index contributed by atoms with van der Waals surface area (Å²) in [5.41, 5.74) is 8.13. The van der Waals surface area contributed by atoms with Crippen LogP contribution in [0.15, 0.2) is 143 Å². The second-order valence-electron chi connectivity index (χ2n) is 13.1. The molecule has 294 valence electrons. The summed E-state index contributed by atoms with van der Waals surface area (Å²) in [5.74, 6) is -2.44. The van der Waals surface area contributed by atoms with Crippen molar-refractivity contribution in [2.45, 2.75) is 43.6 Å². The number of nitrogens with one attached hydrogen (secondary N) is 1. The molecule has 3 aromatic carbocycles. The molecule has 2 aromatic heterocycles. The van der Waals surface area contributed by atoms with Crippen LogP contribution in [0.5, 0.6) is 0 Å². The van der Waals surface area contributed by atoms with Gasteiger partial charge in [0, 0.05) is 53.6 Å². The molecule has 1 saturated heterocycles. The number of benzene rings is 3. The number of nitrogens with two attached hydrogens (primary N) is 1. The van der Waals surface area contributed by atoms with Crippen molar-refractivity contribution in [2.75, 3.05) is 11.5 Å². The van der Waals surface area contributed by atoms with Crippen LogP contribution in [0.25, 0.3) is 6.08 Å². The van der Waals surface area contributed by atoms with Gasteiger partial charge in [-0.15, -0.1) is 23.1 Å². The number of anilines is 1. The number of hydrogen-bond donors (Lipinski definition) is 2. The number of oxime groups is 1. The van der Waals surface area contributed by atoms with Gasteiger partial charge in [-0.2, -0.15) is 0 Å². The average Bonchev–Trinajstić information content (AvgIpc) is 3.69. The normalized spacial score (nSPS) is 17.2. The van der Waals surface area contributed by atoms with Gasteiger partial charge in [0.2, 0.25) is 11.9 Å². The minimum Gasteiger partial charge on any atom is -0.425 e. The second kappa shape index (κ2) is 17.7. The van der Waals surface area contributed by atoms with Gasteiger partial charge < -0.3 is 25.4 Å². The zero-order chi connectivity index (χ0) is 40.6. The summed E-state index contributed by atoms with van der Waals surface area (Å²) in [6.45, 7) is 3.04. The van der Waals surface area contributed by atoms with E-state index >= 15 is 0 Å². The smallest absolute Gasteiger partial charge is 0.358 e. The van der Waals surface area contributed by atoms with Crippen LogP contribution in [-0.4, -0.2) is 67.8 Å². The highest BCUT2D eigenvalue weighted by Crippen LogP contribution is 2.43. The van der Waals surface area contributed by atoms with Crippen molar-refractivity contribution in [1.29, 1.82) is 0 Å². The van der Waals surface area contributed by atoms with E-state index < -0.39 is 47.1 Å². The van der Waals surface area contributed by atoms with Crippen LogP contribution in [0, 0.1) is 0 Å². The number of carbonyl (C=O) groups excluding carboxylic acids is 4. The van der Waals surface area contributed by atoms with Crippen LogP contribution in [0.3, 0.4) is 0 Å². The molecule has 3 atom stereocenters. The van der Waals surface area contributed by atoms with E-state index in [1.165, 1.54) is 23.6 Å². The summed E-state index contributed by atoms with van der Waals surface area (Å²) < 4.78 is 10.7. The first-order valence-corrected chi connectivity index (χ1v) is 20.2. The van der Waals surface area contributed by atoms with E-state index in [9.17, 15) is 19.2 Å². The van der Waals surface area contributed by atoms with Gasteiger partial charge in [-0.05, 0) is 17.2 Å². The lowest BCUT2D eigenvalue weighted by Crippen LogP contribution is -2.71. The van der Waals surface area contributed by atoms with Gasteiger partial charge in [-0.25, -0.2) is 9.78 Å². The molecule has 0 bridgehead atoms. The topological polar surface area (TPSA) is 175 Å². The lowest BCUT2D eigenvalue weighted by Gasteiger charge is -2.49. The van der Waals surface area contributed by atoms with Gasteiger partial charge in [0.15, 0.2) is 10.8 Å². The summed E-state index contributed by atoms with van der Waals surface area (Å²) >= 11 is 2.47. The van der Waals surface area contributed by atoms with Crippen LogP contribution in [-0.2, 0) is 39.1 Å². The van der Waals surface area contributed by atoms with E-state index in [0.29, 0.717) is 5.57 Å². The van der Waals surface area contributed by atoms with E-state index in [2.05, 4.69) is 20.4 Å². The van der Waals surface area contributed by atoms with Crippen molar-refractivity contribution < 1.29 is 33.5 Å². The number of aromatic nitrogens is 2. The first-order valence-electron chi connectivity index (χ1n) is 18.3. The Balaban J connectivity index is 1.21. The highest BCUT2D eigenvalue weighted by atomic mass is 32.2. The predicted octanol–water partition coefficient (Wildman–Crippen LogP) is 6.04. The zero-order valence-electron chi connectivity index (χ0n) is 31.4. The minimum atomic E-state index is -1.32. The Morgan fingerprint density at radius 3 is 2.14 bits per heavy atom. The van der Waals surface area contributed by atoms with Crippen molar-refractivity contribution >= 4 is 63.8 Å². The first kappa shape index (κ1) is 39.6. The molecule has 13 nitrogen and oxygen atoms in total. The number of hydrogen-bond acceptors (Lipinski definition) is 13. The number of nitrogens with zero attached hydrogens (tertiary/aromatic N) is 4. The molecule has 0 saturated carbocycles. The monoisotopic (exact) mass is 814 g/mol. The van der Waals surface area contributed by atoms with Crippen molar-refractivity contribution in [3.8, 4) is 0 Å². The molecule has 3 N–H and O–H groups in total. The number of pyridine rings is 1. The Labute approximate surface area is 342 Å². The molecule has 1 unspecified atom stereocenters.